The molecular weight excluding hydrogens is 526 g/mol. The summed E-state index contributed by atoms with van der Waals surface area (Å²) in [7, 11) is 0. The number of aliphatic carboxylic acids is 1. The molecule has 3 amide bonds. The molecule has 2 rings (SSSR count). The number of phenols is 1. The Morgan fingerprint density at radius 1 is 0.756 bits per heavy atom. The molecule has 0 aliphatic carbocycles. The van der Waals surface area contributed by atoms with E-state index in [4.69, 9.17) is 11.5 Å². The maximum atomic E-state index is 13.5. The summed E-state index contributed by atoms with van der Waals surface area (Å²) < 4.78 is 0. The number of amides is 3. The number of unbranched alkanes of at least 4 members (excludes halogenated alkanes) is 1. The monoisotopic (exact) mass is 569 g/mol. The Bertz CT molecular complexity index is 1130. The first kappa shape index (κ1) is 33.2. The number of carboxylic acid groups (broad SMARTS) is 1. The van der Waals surface area contributed by atoms with Crippen molar-refractivity contribution >= 4 is 23.7 Å². The first-order valence-electron chi connectivity index (χ1n) is 13.9. The zero-order chi connectivity index (χ0) is 30.4. The van der Waals surface area contributed by atoms with E-state index in [0.29, 0.717) is 24.9 Å². The number of carbonyl (C=O) groups excluding carboxylic acids is 3. The molecule has 0 aromatic heterocycles. The quantitative estimate of drug-likeness (QED) is 0.138. The van der Waals surface area contributed by atoms with Crippen LogP contribution in [0.4, 0.5) is 0 Å². The molecule has 2 aromatic carbocycles. The predicted octanol–water partition coefficient (Wildman–Crippen LogP) is 1.22. The average Bonchev–Trinajstić information content (AvgIpc) is 2.93. The van der Waals surface area contributed by atoms with Gasteiger partial charge < -0.3 is 37.6 Å². The highest BCUT2D eigenvalue weighted by molar-refractivity contribution is 5.94. The van der Waals surface area contributed by atoms with Gasteiger partial charge in [0.15, 0.2) is 0 Å². The lowest BCUT2D eigenvalue weighted by atomic mass is 9.99. The number of nitrogens with two attached hydrogens (primary N) is 2. The maximum Gasteiger partial charge on any atom is 0.326 e. The van der Waals surface area contributed by atoms with Crippen LogP contribution in [0.2, 0.25) is 0 Å². The smallest absolute Gasteiger partial charge is 0.326 e. The van der Waals surface area contributed by atoms with Gasteiger partial charge in [0, 0.05) is 12.8 Å². The Labute approximate surface area is 241 Å². The minimum atomic E-state index is -1.26. The molecule has 224 valence electrons. The van der Waals surface area contributed by atoms with Gasteiger partial charge in [0.05, 0.1) is 6.04 Å². The van der Waals surface area contributed by atoms with E-state index in [2.05, 4.69) is 16.0 Å². The van der Waals surface area contributed by atoms with Crippen LogP contribution in [-0.4, -0.2) is 64.6 Å². The van der Waals surface area contributed by atoms with E-state index in [1.165, 1.54) is 12.1 Å². The summed E-state index contributed by atoms with van der Waals surface area (Å²) >= 11 is 0. The summed E-state index contributed by atoms with van der Waals surface area (Å²) in [6.45, 7) is 4.24. The predicted molar refractivity (Wildman–Crippen MR) is 156 cm³/mol. The van der Waals surface area contributed by atoms with Gasteiger partial charge in [0.25, 0.3) is 0 Å². The fourth-order valence-corrected chi connectivity index (χ4v) is 4.29. The third-order valence-electron chi connectivity index (χ3n) is 6.55. The third-order valence-corrected chi connectivity index (χ3v) is 6.55. The van der Waals surface area contributed by atoms with Gasteiger partial charge in [-0.3, -0.25) is 14.4 Å². The highest BCUT2D eigenvalue weighted by Crippen LogP contribution is 2.13. The summed E-state index contributed by atoms with van der Waals surface area (Å²) in [5.41, 5.74) is 13.0. The number of rotatable bonds is 17. The van der Waals surface area contributed by atoms with Crippen LogP contribution in [-0.2, 0) is 32.0 Å². The first-order chi connectivity index (χ1) is 19.5. The molecule has 0 saturated carbocycles. The Hall–Kier alpha value is -3.96. The van der Waals surface area contributed by atoms with Crippen LogP contribution in [0.1, 0.15) is 50.7 Å². The molecular formula is C30H43N5O6. The topological polar surface area (TPSA) is 197 Å². The summed E-state index contributed by atoms with van der Waals surface area (Å²) in [6, 6.07) is 11.0. The second-order valence-electron chi connectivity index (χ2n) is 10.6. The lowest BCUT2D eigenvalue weighted by Crippen LogP contribution is -2.58. The van der Waals surface area contributed by atoms with Crippen molar-refractivity contribution in [3.05, 3.63) is 65.7 Å². The van der Waals surface area contributed by atoms with Gasteiger partial charge in [-0.25, -0.2) is 4.79 Å². The molecule has 4 unspecified atom stereocenters. The lowest BCUT2D eigenvalue weighted by molar-refractivity contribution is -0.142. The van der Waals surface area contributed by atoms with Crippen LogP contribution in [0.15, 0.2) is 54.6 Å². The average molecular weight is 570 g/mol. The molecule has 0 saturated heterocycles. The normalized spacial score (nSPS) is 14.0. The van der Waals surface area contributed by atoms with Crippen molar-refractivity contribution in [2.45, 2.75) is 76.5 Å². The van der Waals surface area contributed by atoms with Crippen molar-refractivity contribution in [2.75, 3.05) is 6.54 Å². The Balaban J connectivity index is 2.19. The summed E-state index contributed by atoms with van der Waals surface area (Å²) in [6.07, 6.45) is 2.21. The standard InChI is InChI=1S/C30H43N5O6/c1-19(2)16-24(28(38)35-26(30(40)41)18-21-11-13-22(36)14-12-21)34-29(39)25(17-20-8-4-3-5-9-20)33-27(37)23(32)10-6-7-15-31/h3-5,8-9,11-14,19,23-26,36H,6-7,10,15-18,31-32H2,1-2H3,(H,33,37)(H,34,39)(H,35,38)(H,40,41). The fraction of sp³-hybridized carbons (Fsp3) is 0.467. The van der Waals surface area contributed by atoms with Gasteiger partial charge in [-0.15, -0.1) is 0 Å². The number of aromatic hydroxyl groups is 1. The van der Waals surface area contributed by atoms with Crippen molar-refractivity contribution in [3.63, 3.8) is 0 Å². The maximum absolute atomic E-state index is 13.5. The largest absolute Gasteiger partial charge is 0.508 e. The van der Waals surface area contributed by atoms with Crippen molar-refractivity contribution in [2.24, 2.45) is 17.4 Å². The van der Waals surface area contributed by atoms with Crippen LogP contribution in [0.25, 0.3) is 0 Å². The number of benzene rings is 2. The van der Waals surface area contributed by atoms with E-state index >= 15 is 0 Å². The molecule has 41 heavy (non-hydrogen) atoms. The molecule has 0 spiro atoms. The summed E-state index contributed by atoms with van der Waals surface area (Å²) in [5.74, 6) is -2.92. The van der Waals surface area contributed by atoms with Gasteiger partial charge in [0.2, 0.25) is 17.7 Å². The summed E-state index contributed by atoms with van der Waals surface area (Å²) in [5, 5.41) is 27.2. The van der Waals surface area contributed by atoms with Crippen LogP contribution in [0.5, 0.6) is 5.75 Å². The summed E-state index contributed by atoms with van der Waals surface area (Å²) in [4.78, 5) is 51.6. The highest BCUT2D eigenvalue weighted by Gasteiger charge is 2.31. The number of hydrogen-bond donors (Lipinski definition) is 7. The van der Waals surface area contributed by atoms with E-state index < -0.39 is 47.9 Å². The number of hydrogen-bond acceptors (Lipinski definition) is 7. The molecule has 0 bridgehead atoms. The van der Waals surface area contributed by atoms with Crippen molar-refractivity contribution in [1.29, 1.82) is 0 Å². The number of carbonyl (C=O) groups is 4. The van der Waals surface area contributed by atoms with Crippen LogP contribution >= 0.6 is 0 Å². The molecule has 11 heteroatoms. The Morgan fingerprint density at radius 2 is 1.29 bits per heavy atom. The van der Waals surface area contributed by atoms with Gasteiger partial charge in [-0.05, 0) is 55.0 Å². The molecule has 0 aliphatic heterocycles. The van der Waals surface area contributed by atoms with E-state index in [-0.39, 0.29) is 30.9 Å². The third kappa shape index (κ3) is 12.0. The van der Waals surface area contributed by atoms with Crippen molar-refractivity contribution < 1.29 is 29.4 Å². The zero-order valence-corrected chi connectivity index (χ0v) is 23.7. The number of phenolic OH excluding ortho intramolecular Hbond substituents is 1. The molecule has 0 aliphatic rings. The second-order valence-corrected chi connectivity index (χ2v) is 10.6. The minimum Gasteiger partial charge on any atom is -0.508 e. The Morgan fingerprint density at radius 3 is 1.88 bits per heavy atom. The van der Waals surface area contributed by atoms with Crippen LogP contribution in [0, 0.1) is 5.92 Å². The van der Waals surface area contributed by atoms with Crippen LogP contribution < -0.4 is 27.4 Å². The molecule has 0 radical (unpaired) electrons. The fourth-order valence-electron chi connectivity index (χ4n) is 4.29. The van der Waals surface area contributed by atoms with Gasteiger partial charge in [-0.1, -0.05) is 62.7 Å². The molecule has 9 N–H and O–H groups in total. The highest BCUT2D eigenvalue weighted by atomic mass is 16.4. The molecule has 0 heterocycles. The van der Waals surface area contributed by atoms with E-state index in [0.717, 1.165) is 12.0 Å². The Kier molecular flexibility index (Phi) is 13.8. The van der Waals surface area contributed by atoms with Gasteiger partial charge in [-0.2, -0.15) is 0 Å². The number of carboxylic acids is 1. The first-order valence-corrected chi connectivity index (χ1v) is 13.9. The molecule has 11 nitrogen and oxygen atoms in total. The van der Waals surface area contributed by atoms with Crippen LogP contribution in [0.3, 0.4) is 0 Å². The van der Waals surface area contributed by atoms with Gasteiger partial charge in [0.1, 0.15) is 23.9 Å². The van der Waals surface area contributed by atoms with Gasteiger partial charge >= 0.3 is 5.97 Å². The van der Waals surface area contributed by atoms with Crippen molar-refractivity contribution in [1.82, 2.24) is 16.0 Å². The molecule has 4 atom stereocenters. The SMILES string of the molecule is CC(C)CC(NC(=O)C(Cc1ccccc1)NC(=O)C(N)CCCCN)C(=O)NC(Cc1ccc(O)cc1)C(=O)O. The zero-order valence-electron chi connectivity index (χ0n) is 23.7. The minimum absolute atomic E-state index is 0.00967. The molecule has 2 aromatic rings. The van der Waals surface area contributed by atoms with E-state index in [1.54, 1.807) is 12.1 Å². The van der Waals surface area contributed by atoms with E-state index in [9.17, 15) is 29.4 Å². The lowest BCUT2D eigenvalue weighted by Gasteiger charge is -2.26. The molecule has 0 fully saturated rings. The number of nitrogens with one attached hydrogen (secondary N) is 3. The van der Waals surface area contributed by atoms with E-state index in [1.807, 2.05) is 44.2 Å². The second kappa shape index (κ2) is 17.0. The van der Waals surface area contributed by atoms with Crippen molar-refractivity contribution in [3.8, 4) is 5.75 Å².